The van der Waals surface area contributed by atoms with Gasteiger partial charge in [0.2, 0.25) is 11.8 Å². The predicted molar refractivity (Wildman–Crippen MR) is 108 cm³/mol. The lowest BCUT2D eigenvalue weighted by molar-refractivity contribution is -0.384. The smallest absolute Gasteiger partial charge is 0.269 e. The number of likely N-dealkylation sites (tertiary alicyclic amines) is 2. The summed E-state index contributed by atoms with van der Waals surface area (Å²) in [6.45, 7) is 3.02. The summed E-state index contributed by atoms with van der Waals surface area (Å²) in [7, 11) is 0. The van der Waals surface area contributed by atoms with Crippen LogP contribution in [0.4, 0.5) is 5.69 Å². The first kappa shape index (κ1) is 20.6. The van der Waals surface area contributed by atoms with E-state index in [4.69, 9.17) is 0 Å². The molecule has 0 N–H and O–H groups in total. The molecule has 1 aromatic rings. The molecule has 8 heteroatoms. The molecule has 2 amide bonds. The van der Waals surface area contributed by atoms with Crippen molar-refractivity contribution in [3.8, 4) is 0 Å². The molecule has 0 bridgehead atoms. The zero-order chi connectivity index (χ0) is 19.9. The molecule has 2 aliphatic rings. The number of nitro groups is 1. The van der Waals surface area contributed by atoms with Crippen molar-refractivity contribution in [3.63, 3.8) is 0 Å². The van der Waals surface area contributed by atoms with E-state index in [1.54, 1.807) is 12.1 Å². The number of carbonyl (C=O) groups is 2. The molecule has 0 spiro atoms. The Labute approximate surface area is 169 Å². The molecule has 0 saturated carbocycles. The van der Waals surface area contributed by atoms with Gasteiger partial charge in [-0.05, 0) is 37.8 Å². The molecule has 152 valence electrons. The second kappa shape index (κ2) is 9.91. The van der Waals surface area contributed by atoms with Crippen molar-refractivity contribution in [2.45, 2.75) is 43.4 Å². The number of amides is 2. The highest BCUT2D eigenvalue weighted by atomic mass is 32.2. The van der Waals surface area contributed by atoms with Crippen molar-refractivity contribution in [2.24, 2.45) is 5.92 Å². The number of rotatable bonds is 5. The first-order valence-corrected chi connectivity index (χ1v) is 11.0. The Kier molecular flexibility index (Phi) is 7.30. The van der Waals surface area contributed by atoms with E-state index < -0.39 is 4.92 Å². The highest BCUT2D eigenvalue weighted by Gasteiger charge is 2.30. The summed E-state index contributed by atoms with van der Waals surface area (Å²) < 4.78 is 0. The highest BCUT2D eigenvalue weighted by molar-refractivity contribution is 8.00. The normalized spacial score (nSPS) is 18.6. The molecule has 3 rings (SSSR count). The van der Waals surface area contributed by atoms with Crippen molar-refractivity contribution in [2.75, 3.05) is 31.9 Å². The average Bonchev–Trinajstić information content (AvgIpc) is 3.01. The lowest BCUT2D eigenvalue weighted by atomic mass is 9.95. The lowest BCUT2D eigenvalue weighted by Crippen LogP contribution is -2.45. The summed E-state index contributed by atoms with van der Waals surface area (Å²) in [5.41, 5.74) is 0.0480. The number of nitrogens with zero attached hydrogens (tertiary/aromatic N) is 3. The van der Waals surface area contributed by atoms with Crippen LogP contribution < -0.4 is 0 Å². The van der Waals surface area contributed by atoms with Gasteiger partial charge in [0, 0.05) is 49.1 Å². The molecule has 7 nitrogen and oxygen atoms in total. The molecular weight excluding hydrogens is 378 g/mol. The van der Waals surface area contributed by atoms with Gasteiger partial charge in [-0.2, -0.15) is 0 Å². The molecule has 2 fully saturated rings. The van der Waals surface area contributed by atoms with Gasteiger partial charge in [0.05, 0.1) is 10.7 Å². The Morgan fingerprint density at radius 2 is 1.57 bits per heavy atom. The second-order valence-electron chi connectivity index (χ2n) is 7.43. The van der Waals surface area contributed by atoms with Crippen LogP contribution in [-0.2, 0) is 9.59 Å². The fourth-order valence-corrected chi connectivity index (χ4v) is 4.63. The Morgan fingerprint density at radius 1 is 0.964 bits per heavy atom. The second-order valence-corrected chi connectivity index (χ2v) is 8.48. The van der Waals surface area contributed by atoms with E-state index in [0.29, 0.717) is 18.8 Å². The molecule has 1 aromatic carbocycles. The van der Waals surface area contributed by atoms with Crippen molar-refractivity contribution in [1.82, 2.24) is 9.80 Å². The minimum absolute atomic E-state index is 0.0458. The molecule has 2 aliphatic heterocycles. The minimum atomic E-state index is -0.434. The molecule has 28 heavy (non-hydrogen) atoms. The van der Waals surface area contributed by atoms with Crippen LogP contribution in [0.2, 0.25) is 0 Å². The Morgan fingerprint density at radius 3 is 2.14 bits per heavy atom. The topological polar surface area (TPSA) is 83.8 Å². The Balaban J connectivity index is 1.43. The van der Waals surface area contributed by atoms with Gasteiger partial charge in [-0.1, -0.05) is 12.8 Å². The molecule has 2 saturated heterocycles. The Bertz CT molecular complexity index is 694. The van der Waals surface area contributed by atoms with E-state index in [0.717, 1.165) is 43.7 Å². The fraction of sp³-hybridized carbons (Fsp3) is 0.600. The largest absolute Gasteiger partial charge is 0.342 e. The third-order valence-electron chi connectivity index (χ3n) is 5.52. The summed E-state index contributed by atoms with van der Waals surface area (Å²) in [6, 6.07) is 6.24. The molecule has 0 atom stereocenters. The van der Waals surface area contributed by atoms with Crippen molar-refractivity contribution in [1.29, 1.82) is 0 Å². The van der Waals surface area contributed by atoms with Gasteiger partial charge in [0.15, 0.2) is 0 Å². The predicted octanol–water partition coefficient (Wildman–Crippen LogP) is 3.33. The lowest BCUT2D eigenvalue weighted by Gasteiger charge is -2.34. The van der Waals surface area contributed by atoms with Crippen LogP contribution in [0.3, 0.4) is 0 Å². The summed E-state index contributed by atoms with van der Waals surface area (Å²) in [6.07, 6.45) is 6.10. The van der Waals surface area contributed by atoms with E-state index in [-0.39, 0.29) is 23.4 Å². The van der Waals surface area contributed by atoms with E-state index >= 15 is 0 Å². The quantitative estimate of drug-likeness (QED) is 0.426. The maximum absolute atomic E-state index is 12.7. The summed E-state index contributed by atoms with van der Waals surface area (Å²) in [5.74, 6) is 0.686. The van der Waals surface area contributed by atoms with E-state index in [9.17, 15) is 19.7 Å². The monoisotopic (exact) mass is 405 g/mol. The van der Waals surface area contributed by atoms with Gasteiger partial charge < -0.3 is 9.80 Å². The first-order valence-electron chi connectivity index (χ1n) is 9.98. The van der Waals surface area contributed by atoms with Gasteiger partial charge in [0.1, 0.15) is 0 Å². The number of hydrogen-bond acceptors (Lipinski definition) is 5. The highest BCUT2D eigenvalue weighted by Crippen LogP contribution is 2.25. The third kappa shape index (κ3) is 5.47. The maximum Gasteiger partial charge on any atom is 0.269 e. The number of non-ortho nitro benzene ring substituents is 1. The van der Waals surface area contributed by atoms with Gasteiger partial charge in [-0.25, -0.2) is 0 Å². The number of nitro benzene ring substituents is 1. The SMILES string of the molecule is O=C(CSc1ccc([N+](=O)[O-])cc1)N1CCC(C(=O)N2CCCCCC2)CC1. The number of carbonyl (C=O) groups excluding carboxylic acids is 2. The van der Waals surface area contributed by atoms with Gasteiger partial charge >= 0.3 is 0 Å². The van der Waals surface area contributed by atoms with Crippen LogP contribution in [0, 0.1) is 16.0 Å². The van der Waals surface area contributed by atoms with Crippen molar-refractivity contribution in [3.05, 3.63) is 34.4 Å². The molecule has 2 heterocycles. The minimum Gasteiger partial charge on any atom is -0.342 e. The van der Waals surface area contributed by atoms with Crippen LogP contribution >= 0.6 is 11.8 Å². The summed E-state index contributed by atoms with van der Waals surface area (Å²) >= 11 is 1.39. The molecular formula is C20H27N3O4S. The van der Waals surface area contributed by atoms with E-state index in [2.05, 4.69) is 0 Å². The van der Waals surface area contributed by atoms with Gasteiger partial charge in [0.25, 0.3) is 5.69 Å². The standard InChI is InChI=1S/C20H27N3O4S/c24-19(15-28-18-7-5-17(6-8-18)23(26)27)21-13-9-16(10-14-21)20(25)22-11-3-1-2-4-12-22/h5-8,16H,1-4,9-15H2. The summed E-state index contributed by atoms with van der Waals surface area (Å²) in [4.78, 5) is 40.2. The van der Waals surface area contributed by atoms with Crippen LogP contribution in [-0.4, -0.2) is 58.5 Å². The van der Waals surface area contributed by atoms with E-state index in [1.807, 2.05) is 9.80 Å². The van der Waals surface area contributed by atoms with Crippen LogP contribution in [0.1, 0.15) is 38.5 Å². The number of piperidine rings is 1. The molecule has 0 radical (unpaired) electrons. The van der Waals surface area contributed by atoms with Crippen LogP contribution in [0.25, 0.3) is 0 Å². The number of benzene rings is 1. The van der Waals surface area contributed by atoms with Crippen molar-refractivity contribution >= 4 is 29.3 Å². The maximum atomic E-state index is 12.7. The number of hydrogen-bond donors (Lipinski definition) is 0. The molecule has 0 unspecified atom stereocenters. The van der Waals surface area contributed by atoms with Crippen LogP contribution in [0.5, 0.6) is 0 Å². The summed E-state index contributed by atoms with van der Waals surface area (Å²) in [5, 5.41) is 10.7. The van der Waals surface area contributed by atoms with Gasteiger partial charge in [-0.15, -0.1) is 11.8 Å². The Hall–Kier alpha value is -2.09. The van der Waals surface area contributed by atoms with Gasteiger partial charge in [-0.3, -0.25) is 19.7 Å². The third-order valence-corrected chi connectivity index (χ3v) is 6.52. The van der Waals surface area contributed by atoms with Crippen molar-refractivity contribution < 1.29 is 14.5 Å². The van der Waals surface area contributed by atoms with Crippen LogP contribution in [0.15, 0.2) is 29.2 Å². The molecule has 0 aromatic heterocycles. The number of thioether (sulfide) groups is 1. The molecule has 0 aliphatic carbocycles. The van der Waals surface area contributed by atoms with E-state index in [1.165, 1.54) is 36.7 Å². The first-order chi connectivity index (χ1) is 13.5. The zero-order valence-electron chi connectivity index (χ0n) is 16.0. The average molecular weight is 406 g/mol. The fourth-order valence-electron chi connectivity index (χ4n) is 3.83. The zero-order valence-corrected chi connectivity index (χ0v) is 16.9.